The number of nitrogens with one attached hydrogen (secondary N) is 1. The SMILES string of the molecule is CC1=C(c2nc(-c3cccc(F)c3)no2)C(c2cccc(F)c2)NC(=O)N1c1ccc(C)cc1. The Morgan fingerprint density at radius 2 is 1.65 bits per heavy atom. The van der Waals surface area contributed by atoms with Crippen LogP contribution in [0.2, 0.25) is 0 Å². The number of carbonyl (C=O) groups is 1. The highest BCUT2D eigenvalue weighted by molar-refractivity contribution is 6.01. The van der Waals surface area contributed by atoms with Gasteiger partial charge in [0, 0.05) is 11.3 Å². The van der Waals surface area contributed by atoms with Crippen LogP contribution in [0.25, 0.3) is 17.0 Å². The summed E-state index contributed by atoms with van der Waals surface area (Å²) in [7, 11) is 0. The second-order valence-electron chi connectivity index (χ2n) is 8.04. The Morgan fingerprint density at radius 1 is 0.941 bits per heavy atom. The number of aromatic nitrogens is 2. The Bertz CT molecular complexity index is 1410. The van der Waals surface area contributed by atoms with Crippen LogP contribution in [0.5, 0.6) is 0 Å². The number of allylic oxidation sites excluding steroid dienone is 1. The van der Waals surface area contributed by atoms with Gasteiger partial charge in [0.2, 0.25) is 5.82 Å². The van der Waals surface area contributed by atoms with Crippen molar-refractivity contribution >= 4 is 17.3 Å². The van der Waals surface area contributed by atoms with Gasteiger partial charge in [-0.05, 0) is 55.8 Å². The zero-order valence-electron chi connectivity index (χ0n) is 18.4. The predicted octanol–water partition coefficient (Wildman–Crippen LogP) is 6.03. The Kier molecular flexibility index (Phi) is 5.41. The highest BCUT2D eigenvalue weighted by atomic mass is 19.1. The topological polar surface area (TPSA) is 71.3 Å². The molecule has 0 saturated heterocycles. The van der Waals surface area contributed by atoms with E-state index in [1.807, 2.05) is 31.2 Å². The average molecular weight is 458 g/mol. The minimum absolute atomic E-state index is 0.142. The summed E-state index contributed by atoms with van der Waals surface area (Å²) in [6.07, 6.45) is 0. The van der Waals surface area contributed by atoms with Crippen molar-refractivity contribution < 1.29 is 18.1 Å². The third-order valence-electron chi connectivity index (χ3n) is 5.70. The van der Waals surface area contributed by atoms with Crippen molar-refractivity contribution in [3.63, 3.8) is 0 Å². The van der Waals surface area contributed by atoms with Gasteiger partial charge in [0.1, 0.15) is 11.6 Å². The van der Waals surface area contributed by atoms with Crippen LogP contribution in [-0.2, 0) is 0 Å². The van der Waals surface area contributed by atoms with Crippen molar-refractivity contribution in [2.75, 3.05) is 4.90 Å². The lowest BCUT2D eigenvalue weighted by molar-refractivity contribution is 0.244. The van der Waals surface area contributed by atoms with Crippen LogP contribution in [0.3, 0.4) is 0 Å². The number of rotatable bonds is 4. The fraction of sp³-hybridized carbons (Fsp3) is 0.115. The zero-order chi connectivity index (χ0) is 23.8. The second kappa shape index (κ2) is 8.55. The number of urea groups is 1. The van der Waals surface area contributed by atoms with E-state index in [0.29, 0.717) is 28.1 Å². The number of hydrogen-bond donors (Lipinski definition) is 1. The first-order valence-corrected chi connectivity index (χ1v) is 10.6. The Labute approximate surface area is 194 Å². The van der Waals surface area contributed by atoms with Crippen LogP contribution in [0, 0.1) is 18.6 Å². The van der Waals surface area contributed by atoms with Crippen molar-refractivity contribution in [2.45, 2.75) is 19.9 Å². The highest BCUT2D eigenvalue weighted by Crippen LogP contribution is 2.39. The van der Waals surface area contributed by atoms with Crippen LogP contribution in [0.4, 0.5) is 19.3 Å². The van der Waals surface area contributed by atoms with E-state index < -0.39 is 17.7 Å². The molecule has 4 aromatic rings. The second-order valence-corrected chi connectivity index (χ2v) is 8.04. The van der Waals surface area contributed by atoms with E-state index >= 15 is 0 Å². The molecule has 0 saturated carbocycles. The van der Waals surface area contributed by atoms with Crippen molar-refractivity contribution in [3.8, 4) is 11.4 Å². The molecule has 6 nitrogen and oxygen atoms in total. The smallest absolute Gasteiger partial charge is 0.326 e. The third-order valence-corrected chi connectivity index (χ3v) is 5.70. The quantitative estimate of drug-likeness (QED) is 0.406. The standard InChI is InChI=1S/C26H20F2N4O2/c1-15-9-11-21(12-10-15)32-16(2)22(23(29-26(32)33)17-5-3-7-19(27)13-17)25-30-24(31-34-25)18-6-4-8-20(28)14-18/h3-14,23H,1-2H3,(H,29,33). The zero-order valence-corrected chi connectivity index (χ0v) is 18.4. The molecule has 0 bridgehead atoms. The van der Waals surface area contributed by atoms with Gasteiger partial charge in [-0.1, -0.05) is 47.1 Å². The fourth-order valence-electron chi connectivity index (χ4n) is 4.04. The van der Waals surface area contributed by atoms with Crippen LogP contribution < -0.4 is 10.2 Å². The van der Waals surface area contributed by atoms with Crippen molar-refractivity contribution in [3.05, 3.63) is 107 Å². The fourth-order valence-corrected chi connectivity index (χ4v) is 4.04. The highest BCUT2D eigenvalue weighted by Gasteiger charge is 2.36. The lowest BCUT2D eigenvalue weighted by atomic mass is 9.94. The number of aryl methyl sites for hydroxylation is 1. The Morgan fingerprint density at radius 3 is 2.35 bits per heavy atom. The molecule has 0 fully saturated rings. The molecule has 170 valence electrons. The van der Waals surface area contributed by atoms with Crippen LogP contribution in [-0.4, -0.2) is 16.2 Å². The van der Waals surface area contributed by atoms with Crippen LogP contribution in [0.15, 0.2) is 83.0 Å². The summed E-state index contributed by atoms with van der Waals surface area (Å²) < 4.78 is 33.4. The number of anilines is 1. The van der Waals surface area contributed by atoms with E-state index in [1.165, 1.54) is 29.2 Å². The van der Waals surface area contributed by atoms with Gasteiger partial charge >= 0.3 is 6.03 Å². The van der Waals surface area contributed by atoms with E-state index in [4.69, 9.17) is 4.52 Å². The minimum atomic E-state index is -0.731. The lowest BCUT2D eigenvalue weighted by Gasteiger charge is -2.35. The van der Waals surface area contributed by atoms with Crippen molar-refractivity contribution in [1.82, 2.24) is 15.5 Å². The minimum Gasteiger partial charge on any atom is -0.334 e. The van der Waals surface area contributed by atoms with Crippen molar-refractivity contribution in [2.24, 2.45) is 0 Å². The molecular formula is C26H20F2N4O2. The van der Waals surface area contributed by atoms with Gasteiger partial charge in [0.25, 0.3) is 5.89 Å². The molecule has 5 rings (SSSR count). The maximum atomic E-state index is 14.1. The molecule has 0 radical (unpaired) electrons. The monoisotopic (exact) mass is 458 g/mol. The third kappa shape index (κ3) is 3.94. The van der Waals surface area contributed by atoms with Gasteiger partial charge < -0.3 is 9.84 Å². The Balaban J connectivity index is 1.66. The molecule has 0 aliphatic carbocycles. The van der Waals surface area contributed by atoms with Gasteiger partial charge in [-0.15, -0.1) is 0 Å². The number of halogens is 2. The molecule has 34 heavy (non-hydrogen) atoms. The maximum Gasteiger partial charge on any atom is 0.326 e. The number of nitrogens with zero attached hydrogens (tertiary/aromatic N) is 3. The molecule has 1 N–H and O–H groups in total. The van der Waals surface area contributed by atoms with Gasteiger partial charge in [-0.25, -0.2) is 13.6 Å². The molecule has 8 heteroatoms. The number of amides is 2. The summed E-state index contributed by atoms with van der Waals surface area (Å²) in [6.45, 7) is 3.73. The summed E-state index contributed by atoms with van der Waals surface area (Å²) >= 11 is 0. The van der Waals surface area contributed by atoms with Gasteiger partial charge in [0.05, 0.1) is 17.3 Å². The van der Waals surface area contributed by atoms with Gasteiger partial charge in [-0.2, -0.15) is 4.98 Å². The number of carbonyl (C=O) groups excluding carboxylic acids is 1. The van der Waals surface area contributed by atoms with E-state index in [1.54, 1.807) is 31.2 Å². The number of benzene rings is 3. The summed E-state index contributed by atoms with van der Waals surface area (Å²) in [6, 6.07) is 18.2. The molecule has 0 spiro atoms. The van der Waals surface area contributed by atoms with Gasteiger partial charge in [-0.3, -0.25) is 4.90 Å². The first-order chi connectivity index (χ1) is 16.4. The van der Waals surface area contributed by atoms with Gasteiger partial charge in [0.15, 0.2) is 0 Å². The average Bonchev–Trinajstić information content (AvgIpc) is 3.30. The summed E-state index contributed by atoms with van der Waals surface area (Å²) in [5.74, 6) is -0.516. The molecule has 1 aliphatic heterocycles. The van der Waals surface area contributed by atoms with Crippen LogP contribution in [0.1, 0.15) is 30.0 Å². The number of hydrogen-bond acceptors (Lipinski definition) is 4. The first kappa shape index (κ1) is 21.5. The lowest BCUT2D eigenvalue weighted by Crippen LogP contribution is -2.46. The molecule has 1 aliphatic rings. The van der Waals surface area contributed by atoms with E-state index in [2.05, 4.69) is 15.5 Å². The van der Waals surface area contributed by atoms with E-state index in [0.717, 1.165) is 5.56 Å². The molecule has 2 heterocycles. The predicted molar refractivity (Wildman–Crippen MR) is 124 cm³/mol. The van der Waals surface area contributed by atoms with E-state index in [9.17, 15) is 13.6 Å². The molecule has 1 aromatic heterocycles. The largest absolute Gasteiger partial charge is 0.334 e. The molecule has 1 atom stereocenters. The molecule has 2 amide bonds. The summed E-state index contributed by atoms with van der Waals surface area (Å²) in [5, 5.41) is 6.95. The maximum absolute atomic E-state index is 14.1. The Hall–Kier alpha value is -4.33. The van der Waals surface area contributed by atoms with Crippen LogP contribution >= 0.6 is 0 Å². The normalized spacial score (nSPS) is 16.1. The summed E-state index contributed by atoms with van der Waals surface area (Å²) in [5.41, 5.74) is 3.75. The molecule has 1 unspecified atom stereocenters. The summed E-state index contributed by atoms with van der Waals surface area (Å²) in [4.78, 5) is 19.2. The molecule has 3 aromatic carbocycles. The molecular weight excluding hydrogens is 438 g/mol. The van der Waals surface area contributed by atoms with Crippen molar-refractivity contribution in [1.29, 1.82) is 0 Å². The van der Waals surface area contributed by atoms with E-state index in [-0.39, 0.29) is 17.7 Å². The first-order valence-electron chi connectivity index (χ1n) is 10.6.